The minimum absolute atomic E-state index is 0.0102. The summed E-state index contributed by atoms with van der Waals surface area (Å²) in [7, 11) is 0.0102. The lowest BCUT2D eigenvalue weighted by molar-refractivity contribution is -0.189. The smallest absolute Gasteiger partial charge is 0.537 e. The Morgan fingerprint density at radius 1 is 0.704 bits per heavy atom. The normalized spacial score (nSPS) is 12.1. The number of rotatable bonds is 5. The Morgan fingerprint density at radius 2 is 1.11 bits per heavy atom. The van der Waals surface area contributed by atoms with E-state index in [2.05, 4.69) is 9.39 Å². The molecule has 0 atom stereocenters. The SMILES string of the molecule is O[B]Oc1cc(F)c(C(F)(F)Oc2cc(F)c(C(F)(F)F)c(F)c2)c(F)c1. The van der Waals surface area contributed by atoms with Gasteiger partial charge in [0.25, 0.3) is 0 Å². The number of alkyl halides is 5. The minimum atomic E-state index is -5.45. The van der Waals surface area contributed by atoms with Gasteiger partial charge >= 0.3 is 20.0 Å². The molecule has 145 valence electrons. The summed E-state index contributed by atoms with van der Waals surface area (Å²) in [5, 5.41) is 8.34. The number of hydrogen-bond donors (Lipinski definition) is 1. The van der Waals surface area contributed by atoms with Crippen molar-refractivity contribution in [3.05, 3.63) is 58.7 Å². The molecule has 27 heavy (non-hydrogen) atoms. The summed E-state index contributed by atoms with van der Waals surface area (Å²) in [6, 6.07) is 0.0360. The Kier molecular flexibility index (Phi) is 5.54. The van der Waals surface area contributed by atoms with Crippen LogP contribution in [0, 0.1) is 23.3 Å². The Hall–Kier alpha value is -2.57. The molecule has 0 heterocycles. The summed E-state index contributed by atoms with van der Waals surface area (Å²) in [4.78, 5) is 0. The fourth-order valence-electron chi connectivity index (χ4n) is 2.04. The number of halogens is 9. The molecule has 2 rings (SSSR count). The summed E-state index contributed by atoms with van der Waals surface area (Å²) in [6.07, 6.45) is -10.3. The zero-order valence-corrected chi connectivity index (χ0v) is 12.6. The van der Waals surface area contributed by atoms with Crippen molar-refractivity contribution in [2.24, 2.45) is 0 Å². The molecule has 0 aliphatic carbocycles. The molecule has 2 aromatic carbocycles. The largest absolute Gasteiger partial charge is 0.569 e. The van der Waals surface area contributed by atoms with Gasteiger partial charge in [0.15, 0.2) is 0 Å². The molecule has 0 unspecified atom stereocenters. The van der Waals surface area contributed by atoms with E-state index in [0.29, 0.717) is 0 Å². The third-order valence-corrected chi connectivity index (χ3v) is 3.04. The van der Waals surface area contributed by atoms with E-state index in [1.54, 1.807) is 0 Å². The molecule has 0 saturated heterocycles. The summed E-state index contributed by atoms with van der Waals surface area (Å²) in [5.74, 6) is -10.5. The first-order valence-electron chi connectivity index (χ1n) is 6.62. The fraction of sp³-hybridized carbons (Fsp3) is 0.143. The molecule has 1 N–H and O–H groups in total. The van der Waals surface area contributed by atoms with Gasteiger partial charge in [-0.05, 0) is 0 Å². The summed E-state index contributed by atoms with van der Waals surface area (Å²) < 4.78 is 128. The first-order chi connectivity index (χ1) is 12.4. The second-order valence-electron chi connectivity index (χ2n) is 4.86. The second-order valence-corrected chi connectivity index (χ2v) is 4.86. The van der Waals surface area contributed by atoms with Gasteiger partial charge in [0, 0.05) is 24.3 Å². The van der Waals surface area contributed by atoms with Crippen molar-refractivity contribution in [2.75, 3.05) is 0 Å². The summed E-state index contributed by atoms with van der Waals surface area (Å²) >= 11 is 0. The van der Waals surface area contributed by atoms with Gasteiger partial charge in [-0.3, -0.25) is 0 Å². The predicted molar refractivity (Wildman–Crippen MR) is 70.8 cm³/mol. The fourth-order valence-corrected chi connectivity index (χ4v) is 2.04. The van der Waals surface area contributed by atoms with Gasteiger partial charge in [0.05, 0.1) is 0 Å². The van der Waals surface area contributed by atoms with E-state index in [1.165, 1.54) is 0 Å². The lowest BCUT2D eigenvalue weighted by Crippen LogP contribution is -2.25. The summed E-state index contributed by atoms with van der Waals surface area (Å²) in [6.45, 7) is 0. The molecule has 0 bridgehead atoms. The molecular weight excluding hydrogens is 398 g/mol. The highest BCUT2D eigenvalue weighted by Gasteiger charge is 2.43. The first kappa shape index (κ1) is 20.7. The average molecular weight is 403 g/mol. The topological polar surface area (TPSA) is 38.7 Å². The molecule has 3 nitrogen and oxygen atoms in total. The lowest BCUT2D eigenvalue weighted by Gasteiger charge is -2.20. The zero-order valence-electron chi connectivity index (χ0n) is 12.6. The quantitative estimate of drug-likeness (QED) is 0.598. The maximum atomic E-state index is 14.0. The lowest BCUT2D eigenvalue weighted by atomic mass is 10.1. The van der Waals surface area contributed by atoms with Crippen LogP contribution in [0.3, 0.4) is 0 Å². The molecule has 0 saturated carbocycles. The van der Waals surface area contributed by atoms with E-state index in [0.717, 1.165) is 0 Å². The van der Waals surface area contributed by atoms with E-state index >= 15 is 0 Å². The van der Waals surface area contributed by atoms with E-state index in [-0.39, 0.29) is 32.0 Å². The van der Waals surface area contributed by atoms with Crippen LogP contribution in [0.2, 0.25) is 0 Å². The summed E-state index contributed by atoms with van der Waals surface area (Å²) in [5.41, 5.74) is -4.36. The van der Waals surface area contributed by atoms with Crippen LogP contribution in [0.15, 0.2) is 24.3 Å². The van der Waals surface area contributed by atoms with Crippen molar-refractivity contribution in [2.45, 2.75) is 12.3 Å². The Balaban J connectivity index is 2.42. The standard InChI is InChI=1S/C14H5BF9O3/c16-7-1-5(2-8(17)11(7)13(20,21)22)26-14(23,24)12-9(18)3-6(27-15-25)4-10(12)19/h1-4,25H. The maximum Gasteiger partial charge on any atom is 0.569 e. The van der Waals surface area contributed by atoms with Crippen molar-refractivity contribution in [1.82, 2.24) is 0 Å². The van der Waals surface area contributed by atoms with Gasteiger partial charge in [-0.15, -0.1) is 0 Å². The van der Waals surface area contributed by atoms with Crippen LogP contribution >= 0.6 is 0 Å². The minimum Gasteiger partial charge on any atom is -0.537 e. The molecule has 0 fully saturated rings. The highest BCUT2D eigenvalue weighted by atomic mass is 19.4. The van der Waals surface area contributed by atoms with Gasteiger partial charge in [0.2, 0.25) is 0 Å². The van der Waals surface area contributed by atoms with Crippen molar-refractivity contribution in [3.63, 3.8) is 0 Å². The van der Waals surface area contributed by atoms with Crippen LogP contribution in [0.4, 0.5) is 39.5 Å². The van der Waals surface area contributed by atoms with Gasteiger partial charge in [-0.2, -0.15) is 22.0 Å². The van der Waals surface area contributed by atoms with E-state index in [4.69, 9.17) is 5.02 Å². The van der Waals surface area contributed by atoms with Crippen LogP contribution in [-0.2, 0) is 12.3 Å². The Labute approximate surface area is 145 Å². The highest BCUT2D eigenvalue weighted by Crippen LogP contribution is 2.39. The molecule has 0 spiro atoms. The van der Waals surface area contributed by atoms with E-state index < -0.39 is 58.2 Å². The average Bonchev–Trinajstić information content (AvgIpc) is 2.43. The monoisotopic (exact) mass is 403 g/mol. The second kappa shape index (κ2) is 7.21. The molecule has 0 aliphatic rings. The zero-order chi connectivity index (χ0) is 20.6. The van der Waals surface area contributed by atoms with Crippen LogP contribution in [0.25, 0.3) is 0 Å². The Bertz CT molecular complexity index is 808. The van der Waals surface area contributed by atoms with E-state index in [1.807, 2.05) is 0 Å². The third-order valence-electron chi connectivity index (χ3n) is 3.04. The van der Waals surface area contributed by atoms with Crippen molar-refractivity contribution in [1.29, 1.82) is 0 Å². The molecule has 0 aliphatic heterocycles. The third kappa shape index (κ3) is 4.41. The van der Waals surface area contributed by atoms with Gasteiger partial charge in [-0.1, -0.05) is 0 Å². The predicted octanol–water partition coefficient (Wildman–Crippen LogP) is 4.30. The first-order valence-corrected chi connectivity index (χ1v) is 6.62. The van der Waals surface area contributed by atoms with Crippen molar-refractivity contribution < 1.29 is 53.9 Å². The van der Waals surface area contributed by atoms with Crippen LogP contribution in [0.5, 0.6) is 11.5 Å². The van der Waals surface area contributed by atoms with Gasteiger partial charge in [-0.25, -0.2) is 17.6 Å². The number of hydrogen-bond acceptors (Lipinski definition) is 3. The molecular formula is C14H5BF9O3. The highest BCUT2D eigenvalue weighted by molar-refractivity contribution is 6.17. The molecule has 0 aromatic heterocycles. The molecule has 2 aromatic rings. The molecule has 13 heteroatoms. The Morgan fingerprint density at radius 3 is 1.52 bits per heavy atom. The van der Waals surface area contributed by atoms with Crippen LogP contribution < -0.4 is 9.39 Å². The van der Waals surface area contributed by atoms with Crippen molar-refractivity contribution in [3.8, 4) is 11.5 Å². The van der Waals surface area contributed by atoms with Crippen LogP contribution in [-0.4, -0.2) is 12.7 Å². The van der Waals surface area contributed by atoms with Gasteiger partial charge in [0.1, 0.15) is 45.9 Å². The molecule has 1 radical (unpaired) electrons. The number of ether oxygens (including phenoxy) is 1. The van der Waals surface area contributed by atoms with Crippen LogP contribution in [0.1, 0.15) is 11.1 Å². The van der Waals surface area contributed by atoms with E-state index in [9.17, 15) is 39.5 Å². The van der Waals surface area contributed by atoms with Gasteiger partial charge < -0.3 is 14.4 Å². The molecule has 0 amide bonds. The maximum absolute atomic E-state index is 14.0. The number of benzene rings is 2. The van der Waals surface area contributed by atoms with Crippen molar-refractivity contribution >= 4 is 7.69 Å².